The molecule has 3 heterocycles. The topological polar surface area (TPSA) is 88.5 Å². The molecule has 1 saturated heterocycles. The molecule has 0 radical (unpaired) electrons. The number of nitrogens with two attached hydrogens (primary N) is 2. The maximum atomic E-state index is 13.5. The third-order valence-electron chi connectivity index (χ3n) is 6.30. The van der Waals surface area contributed by atoms with Gasteiger partial charge in [-0.1, -0.05) is 0 Å². The van der Waals surface area contributed by atoms with Crippen LogP contribution in [-0.2, 0) is 23.9 Å². The summed E-state index contributed by atoms with van der Waals surface area (Å²) in [6.45, 7) is 1.57. The van der Waals surface area contributed by atoms with E-state index in [1.807, 2.05) is 4.90 Å². The summed E-state index contributed by atoms with van der Waals surface area (Å²) in [4.78, 5) is 21.0. The van der Waals surface area contributed by atoms with E-state index in [2.05, 4.69) is 4.98 Å². The molecule has 2 aliphatic heterocycles. The van der Waals surface area contributed by atoms with Crippen molar-refractivity contribution in [2.24, 2.45) is 22.8 Å². The molecule has 1 aliphatic carbocycles. The quantitative estimate of drug-likeness (QED) is 0.674. The SMILES string of the molecule is NC(=S)N1C[C@@H]2C[C@@H](N)C[C@]2(C(=O)N2CCc3ncc(C(F)(F)F)cc3C2)C1. The normalized spacial score (nSPS) is 29.6. The van der Waals surface area contributed by atoms with Gasteiger partial charge in [-0.2, -0.15) is 13.2 Å². The number of aromatic nitrogens is 1. The summed E-state index contributed by atoms with van der Waals surface area (Å²) >= 11 is 5.09. The highest BCUT2D eigenvalue weighted by atomic mass is 32.1. The van der Waals surface area contributed by atoms with Crippen LogP contribution in [0.1, 0.15) is 29.7 Å². The van der Waals surface area contributed by atoms with Gasteiger partial charge in [-0.3, -0.25) is 9.78 Å². The monoisotopic (exact) mass is 413 g/mol. The van der Waals surface area contributed by atoms with E-state index in [0.29, 0.717) is 43.7 Å². The van der Waals surface area contributed by atoms with E-state index < -0.39 is 17.2 Å². The summed E-state index contributed by atoms with van der Waals surface area (Å²) in [6, 6.07) is 1.03. The second-order valence-corrected chi connectivity index (χ2v) is 8.49. The highest BCUT2D eigenvalue weighted by molar-refractivity contribution is 7.80. The van der Waals surface area contributed by atoms with Crippen molar-refractivity contribution in [2.75, 3.05) is 19.6 Å². The molecule has 10 heteroatoms. The summed E-state index contributed by atoms with van der Waals surface area (Å²) in [7, 11) is 0. The molecule has 0 spiro atoms. The Hall–Kier alpha value is -1.94. The predicted octanol–water partition coefficient (Wildman–Crippen LogP) is 1.27. The van der Waals surface area contributed by atoms with Gasteiger partial charge < -0.3 is 21.3 Å². The summed E-state index contributed by atoms with van der Waals surface area (Å²) in [5.74, 6) is -0.00945. The van der Waals surface area contributed by atoms with Crippen LogP contribution in [0.5, 0.6) is 0 Å². The number of amides is 1. The number of alkyl halides is 3. The Labute approximate surface area is 166 Å². The molecule has 0 bridgehead atoms. The van der Waals surface area contributed by atoms with Gasteiger partial charge in [0.05, 0.1) is 11.0 Å². The summed E-state index contributed by atoms with van der Waals surface area (Å²) in [6.07, 6.45) is -1.91. The molecule has 6 nitrogen and oxygen atoms in total. The van der Waals surface area contributed by atoms with Crippen molar-refractivity contribution < 1.29 is 18.0 Å². The van der Waals surface area contributed by atoms with Crippen molar-refractivity contribution in [1.82, 2.24) is 14.8 Å². The van der Waals surface area contributed by atoms with Crippen LogP contribution in [0.25, 0.3) is 0 Å². The first kappa shape index (κ1) is 19.4. The van der Waals surface area contributed by atoms with Crippen LogP contribution in [-0.4, -0.2) is 51.5 Å². The van der Waals surface area contributed by atoms with E-state index in [1.165, 1.54) is 0 Å². The van der Waals surface area contributed by atoms with Crippen LogP contribution in [0.4, 0.5) is 13.2 Å². The lowest BCUT2D eigenvalue weighted by Gasteiger charge is -2.37. The van der Waals surface area contributed by atoms with Crippen LogP contribution in [0, 0.1) is 11.3 Å². The number of rotatable bonds is 1. The molecule has 0 unspecified atom stereocenters. The molecule has 2 fully saturated rings. The Balaban J connectivity index is 1.60. The van der Waals surface area contributed by atoms with E-state index in [0.717, 1.165) is 18.7 Å². The molecule has 4 N–H and O–H groups in total. The number of carbonyl (C=O) groups is 1. The Kier molecular flexibility index (Phi) is 4.53. The molecule has 4 rings (SSSR count). The Morgan fingerprint density at radius 2 is 2.11 bits per heavy atom. The van der Waals surface area contributed by atoms with Gasteiger partial charge in [-0.05, 0) is 42.6 Å². The van der Waals surface area contributed by atoms with Gasteiger partial charge in [-0.15, -0.1) is 0 Å². The van der Waals surface area contributed by atoms with E-state index in [4.69, 9.17) is 23.7 Å². The lowest BCUT2D eigenvalue weighted by Crippen LogP contribution is -2.49. The fraction of sp³-hybridized carbons (Fsp3) is 0.611. The molecule has 0 aromatic carbocycles. The number of hydrogen-bond acceptors (Lipinski definition) is 4. The maximum absolute atomic E-state index is 13.5. The van der Waals surface area contributed by atoms with Crippen LogP contribution in [0.15, 0.2) is 12.3 Å². The highest BCUT2D eigenvalue weighted by Crippen LogP contribution is 2.49. The minimum Gasteiger partial charge on any atom is -0.376 e. The number of pyridine rings is 1. The molecule has 3 atom stereocenters. The summed E-state index contributed by atoms with van der Waals surface area (Å²) in [5, 5.41) is 0.262. The Morgan fingerprint density at radius 1 is 1.36 bits per heavy atom. The first-order chi connectivity index (χ1) is 13.1. The lowest BCUT2D eigenvalue weighted by molar-refractivity contribution is -0.143. The first-order valence-corrected chi connectivity index (χ1v) is 9.65. The molecule has 1 amide bonds. The average molecular weight is 413 g/mol. The summed E-state index contributed by atoms with van der Waals surface area (Å²) in [5.41, 5.74) is 11.5. The fourth-order valence-electron chi connectivity index (χ4n) is 4.99. The van der Waals surface area contributed by atoms with Crippen molar-refractivity contribution >= 4 is 23.2 Å². The van der Waals surface area contributed by atoms with Crippen molar-refractivity contribution in [3.63, 3.8) is 0 Å². The molecule has 1 saturated carbocycles. The lowest BCUT2D eigenvalue weighted by atomic mass is 9.78. The standard InChI is InChI=1S/C18H22F3N5OS/c19-18(20,21)11-3-10-7-25(2-1-14(10)24-6-11)15(27)17-5-13(22)4-12(17)8-26(9-17)16(23)28/h3,6,12-13H,1-2,4-5,7-9,22H2,(H2,23,28)/t12-,13+,17-/m0/s1. The van der Waals surface area contributed by atoms with E-state index >= 15 is 0 Å². The number of thiocarbonyl (C=S) groups is 1. The van der Waals surface area contributed by atoms with Crippen LogP contribution in [0.3, 0.4) is 0 Å². The second-order valence-electron chi connectivity index (χ2n) is 8.08. The van der Waals surface area contributed by atoms with Crippen molar-refractivity contribution in [3.8, 4) is 0 Å². The van der Waals surface area contributed by atoms with Gasteiger partial charge in [-0.25, -0.2) is 0 Å². The number of hydrogen-bond donors (Lipinski definition) is 2. The summed E-state index contributed by atoms with van der Waals surface area (Å²) < 4.78 is 39.1. The zero-order valence-corrected chi connectivity index (χ0v) is 16.0. The van der Waals surface area contributed by atoms with Crippen molar-refractivity contribution in [2.45, 2.75) is 38.0 Å². The number of carbonyl (C=O) groups excluding carboxylic acids is 1. The molecule has 28 heavy (non-hydrogen) atoms. The van der Waals surface area contributed by atoms with Gasteiger partial charge in [0, 0.05) is 50.5 Å². The van der Waals surface area contributed by atoms with Gasteiger partial charge in [0.15, 0.2) is 5.11 Å². The van der Waals surface area contributed by atoms with Gasteiger partial charge >= 0.3 is 6.18 Å². The van der Waals surface area contributed by atoms with Crippen LogP contribution < -0.4 is 11.5 Å². The fourth-order valence-corrected chi connectivity index (χ4v) is 5.13. The predicted molar refractivity (Wildman–Crippen MR) is 99.9 cm³/mol. The maximum Gasteiger partial charge on any atom is 0.417 e. The Morgan fingerprint density at radius 3 is 2.79 bits per heavy atom. The van der Waals surface area contributed by atoms with Crippen LogP contribution in [0.2, 0.25) is 0 Å². The van der Waals surface area contributed by atoms with Crippen molar-refractivity contribution in [1.29, 1.82) is 0 Å². The van der Waals surface area contributed by atoms with E-state index in [9.17, 15) is 18.0 Å². The number of likely N-dealkylation sites (tertiary alicyclic amines) is 1. The van der Waals surface area contributed by atoms with E-state index in [1.54, 1.807) is 4.90 Å². The van der Waals surface area contributed by atoms with Crippen molar-refractivity contribution in [3.05, 3.63) is 29.1 Å². The molecule has 1 aromatic rings. The third-order valence-corrected chi connectivity index (χ3v) is 6.56. The minimum atomic E-state index is -4.46. The van der Waals surface area contributed by atoms with Crippen LogP contribution >= 0.6 is 12.2 Å². The zero-order valence-electron chi connectivity index (χ0n) is 15.2. The number of fused-ring (bicyclic) bond motifs is 2. The number of halogens is 3. The second kappa shape index (κ2) is 6.55. The molecule has 1 aromatic heterocycles. The molecule has 152 valence electrons. The number of nitrogens with zero attached hydrogens (tertiary/aromatic N) is 3. The van der Waals surface area contributed by atoms with E-state index in [-0.39, 0.29) is 29.5 Å². The minimum absolute atomic E-state index is 0.0533. The average Bonchev–Trinajstić information content (AvgIpc) is 3.13. The highest BCUT2D eigenvalue weighted by Gasteiger charge is 2.58. The zero-order chi connectivity index (χ0) is 20.3. The first-order valence-electron chi connectivity index (χ1n) is 9.24. The molecular weight excluding hydrogens is 391 g/mol. The Bertz CT molecular complexity index is 832. The molecule has 3 aliphatic rings. The van der Waals surface area contributed by atoms with Gasteiger partial charge in [0.1, 0.15) is 0 Å². The van der Waals surface area contributed by atoms with Gasteiger partial charge in [0.2, 0.25) is 5.91 Å². The van der Waals surface area contributed by atoms with Gasteiger partial charge in [0.25, 0.3) is 0 Å². The third kappa shape index (κ3) is 3.12. The molecular formula is C18H22F3N5OS. The largest absolute Gasteiger partial charge is 0.417 e. The smallest absolute Gasteiger partial charge is 0.376 e.